The van der Waals surface area contributed by atoms with E-state index in [1.807, 2.05) is 42.5 Å². The molecule has 1 N–H and O–H groups in total. The predicted molar refractivity (Wildman–Crippen MR) is 155 cm³/mol. The SMILES string of the molecule is Cc1ccc(Sc2ccc(C=Nc3sc4c(c3C(=O)Nc3ccccc3)CC[C@@H](C(C)(C)C)C4)o2)cc1. The minimum absolute atomic E-state index is 0.0971. The number of hydrogen-bond acceptors (Lipinski definition) is 5. The molecule has 1 amide bonds. The van der Waals surface area contributed by atoms with Crippen LogP contribution in [0.5, 0.6) is 0 Å². The number of furan rings is 1. The molecule has 2 heterocycles. The maximum Gasteiger partial charge on any atom is 0.259 e. The molecular formula is C31H32N2O2S2. The Hall–Kier alpha value is -3.09. The van der Waals surface area contributed by atoms with E-state index in [1.165, 1.54) is 10.4 Å². The summed E-state index contributed by atoms with van der Waals surface area (Å²) in [5, 5.41) is 4.64. The minimum atomic E-state index is -0.0971. The number of aliphatic imine (C=N–C) groups is 1. The maximum atomic E-state index is 13.5. The molecular weight excluding hydrogens is 496 g/mol. The molecule has 6 heteroatoms. The van der Waals surface area contributed by atoms with Gasteiger partial charge < -0.3 is 9.73 Å². The molecule has 1 aliphatic carbocycles. The highest BCUT2D eigenvalue weighted by atomic mass is 32.2. The standard InChI is InChI=1S/C31H32N2O2S2/c1-20-10-14-24(15-11-20)36-27-17-13-23(35-27)19-32-30-28(29(34)33-22-8-6-5-7-9-22)25-16-12-21(31(2,3)4)18-26(25)37-30/h5-11,13-15,17,19,21H,12,16,18H2,1-4H3,(H,33,34)/t21-/m1/s1. The largest absolute Gasteiger partial charge is 0.449 e. The van der Waals surface area contributed by atoms with E-state index >= 15 is 0 Å². The van der Waals surface area contributed by atoms with Crippen LogP contribution in [-0.2, 0) is 12.8 Å². The van der Waals surface area contributed by atoms with Crippen LogP contribution in [0, 0.1) is 18.3 Å². The van der Waals surface area contributed by atoms with Gasteiger partial charge in [0, 0.05) is 15.5 Å². The summed E-state index contributed by atoms with van der Waals surface area (Å²) < 4.78 is 6.02. The first-order valence-electron chi connectivity index (χ1n) is 12.7. The third kappa shape index (κ3) is 6.08. The van der Waals surface area contributed by atoms with Crippen LogP contribution in [0.1, 0.15) is 59.3 Å². The second-order valence-corrected chi connectivity index (χ2v) is 12.8. The van der Waals surface area contributed by atoms with Gasteiger partial charge in [-0.3, -0.25) is 4.79 Å². The fourth-order valence-electron chi connectivity index (χ4n) is 4.65. The van der Waals surface area contributed by atoms with E-state index < -0.39 is 0 Å². The summed E-state index contributed by atoms with van der Waals surface area (Å²) >= 11 is 3.23. The van der Waals surface area contributed by atoms with Gasteiger partial charge >= 0.3 is 0 Å². The highest BCUT2D eigenvalue weighted by Gasteiger charge is 2.33. The Kier molecular flexibility index (Phi) is 7.40. The number of benzene rings is 2. The number of nitrogens with one attached hydrogen (secondary N) is 1. The van der Waals surface area contributed by atoms with E-state index in [-0.39, 0.29) is 11.3 Å². The second-order valence-electron chi connectivity index (χ2n) is 10.6. The van der Waals surface area contributed by atoms with E-state index in [2.05, 4.69) is 57.3 Å². The lowest BCUT2D eigenvalue weighted by Crippen LogP contribution is -2.27. The van der Waals surface area contributed by atoms with Crippen molar-refractivity contribution in [2.75, 3.05) is 5.32 Å². The molecule has 0 saturated heterocycles. The molecule has 2 aromatic carbocycles. The van der Waals surface area contributed by atoms with Gasteiger partial charge in [0.2, 0.25) is 0 Å². The van der Waals surface area contributed by atoms with E-state index in [0.717, 1.165) is 45.5 Å². The maximum absolute atomic E-state index is 13.5. The molecule has 1 aliphatic rings. The van der Waals surface area contributed by atoms with Gasteiger partial charge in [-0.1, -0.05) is 68.4 Å². The monoisotopic (exact) mass is 528 g/mol. The molecule has 1 atom stereocenters. The molecule has 0 unspecified atom stereocenters. The van der Waals surface area contributed by atoms with Crippen LogP contribution in [-0.4, -0.2) is 12.1 Å². The Morgan fingerprint density at radius 1 is 1.08 bits per heavy atom. The van der Waals surface area contributed by atoms with E-state index in [1.54, 1.807) is 29.3 Å². The Labute approximate surface area is 227 Å². The number of nitrogens with zero attached hydrogens (tertiary/aromatic N) is 1. The number of amides is 1. The van der Waals surface area contributed by atoms with Crippen LogP contribution in [0.15, 0.2) is 86.1 Å². The normalized spacial score (nSPS) is 15.6. The zero-order valence-electron chi connectivity index (χ0n) is 21.7. The van der Waals surface area contributed by atoms with Gasteiger partial charge in [-0.15, -0.1) is 11.3 Å². The molecule has 4 aromatic rings. The summed E-state index contributed by atoms with van der Waals surface area (Å²) in [6, 6.07) is 21.9. The van der Waals surface area contributed by atoms with E-state index in [4.69, 9.17) is 9.41 Å². The zero-order chi connectivity index (χ0) is 26.0. The fourth-order valence-corrected chi connectivity index (χ4v) is 6.70. The zero-order valence-corrected chi connectivity index (χ0v) is 23.3. The lowest BCUT2D eigenvalue weighted by atomic mass is 9.72. The smallest absolute Gasteiger partial charge is 0.259 e. The Morgan fingerprint density at radius 3 is 2.57 bits per heavy atom. The van der Waals surface area contributed by atoms with Gasteiger partial charge in [0.15, 0.2) is 5.09 Å². The van der Waals surface area contributed by atoms with Crippen molar-refractivity contribution < 1.29 is 9.21 Å². The summed E-state index contributed by atoms with van der Waals surface area (Å²) in [6.07, 6.45) is 4.71. The fraction of sp³-hybridized carbons (Fsp3) is 0.290. The predicted octanol–water partition coefficient (Wildman–Crippen LogP) is 8.95. The number of rotatable bonds is 6. The summed E-state index contributed by atoms with van der Waals surface area (Å²) in [7, 11) is 0. The molecule has 0 radical (unpaired) electrons. The highest BCUT2D eigenvalue weighted by Crippen LogP contribution is 2.45. The van der Waals surface area contributed by atoms with Gasteiger partial charge in [0.25, 0.3) is 5.91 Å². The average molecular weight is 529 g/mol. The lowest BCUT2D eigenvalue weighted by molar-refractivity contribution is 0.102. The number of aryl methyl sites for hydroxylation is 1. The van der Waals surface area contributed by atoms with Gasteiger partial charge in [-0.2, -0.15) is 0 Å². The number of thiophene rings is 1. The van der Waals surface area contributed by atoms with Crippen LogP contribution in [0.4, 0.5) is 10.7 Å². The van der Waals surface area contributed by atoms with Crippen molar-refractivity contribution >= 4 is 45.9 Å². The first kappa shape index (κ1) is 25.6. The van der Waals surface area contributed by atoms with Crippen LogP contribution in [0.3, 0.4) is 0 Å². The third-order valence-corrected chi connectivity index (χ3v) is 8.97. The van der Waals surface area contributed by atoms with Crippen molar-refractivity contribution in [3.05, 3.63) is 94.1 Å². The molecule has 0 bridgehead atoms. The van der Waals surface area contributed by atoms with Crippen LogP contribution < -0.4 is 5.32 Å². The Bertz CT molecular complexity index is 1410. The average Bonchev–Trinajstić information content (AvgIpc) is 3.47. The van der Waals surface area contributed by atoms with Crippen molar-refractivity contribution in [1.29, 1.82) is 0 Å². The molecule has 4 nitrogen and oxygen atoms in total. The van der Waals surface area contributed by atoms with Gasteiger partial charge in [-0.05, 0) is 79.5 Å². The number of carbonyl (C=O) groups is 1. The summed E-state index contributed by atoms with van der Waals surface area (Å²) in [5.74, 6) is 1.16. The van der Waals surface area contributed by atoms with Crippen molar-refractivity contribution in [1.82, 2.24) is 0 Å². The molecule has 0 aliphatic heterocycles. The van der Waals surface area contributed by atoms with E-state index in [0.29, 0.717) is 17.2 Å². The minimum Gasteiger partial charge on any atom is -0.449 e. The molecule has 0 spiro atoms. The first-order valence-corrected chi connectivity index (χ1v) is 14.3. The molecule has 37 heavy (non-hydrogen) atoms. The van der Waals surface area contributed by atoms with Gasteiger partial charge in [0.05, 0.1) is 11.8 Å². The molecule has 0 fully saturated rings. The topological polar surface area (TPSA) is 54.6 Å². The van der Waals surface area contributed by atoms with Crippen molar-refractivity contribution in [2.45, 2.75) is 56.9 Å². The number of hydrogen-bond donors (Lipinski definition) is 1. The van der Waals surface area contributed by atoms with Crippen LogP contribution in [0.2, 0.25) is 0 Å². The Morgan fingerprint density at radius 2 is 1.84 bits per heavy atom. The van der Waals surface area contributed by atoms with Crippen molar-refractivity contribution in [3.63, 3.8) is 0 Å². The quantitative estimate of drug-likeness (QED) is 0.254. The number of fused-ring (bicyclic) bond motifs is 1. The van der Waals surface area contributed by atoms with Crippen molar-refractivity contribution in [3.8, 4) is 0 Å². The molecule has 0 saturated carbocycles. The highest BCUT2D eigenvalue weighted by molar-refractivity contribution is 7.99. The summed E-state index contributed by atoms with van der Waals surface area (Å²) in [5.41, 5.74) is 4.11. The Balaban J connectivity index is 1.41. The van der Waals surface area contributed by atoms with Gasteiger partial charge in [-0.25, -0.2) is 4.99 Å². The number of para-hydroxylation sites is 1. The lowest BCUT2D eigenvalue weighted by Gasteiger charge is -2.33. The van der Waals surface area contributed by atoms with Crippen molar-refractivity contribution in [2.24, 2.45) is 16.3 Å². The third-order valence-electron chi connectivity index (χ3n) is 6.88. The summed E-state index contributed by atoms with van der Waals surface area (Å²) in [6.45, 7) is 9.00. The van der Waals surface area contributed by atoms with E-state index in [9.17, 15) is 4.79 Å². The number of carbonyl (C=O) groups excluding carboxylic acids is 1. The molecule has 2 aromatic heterocycles. The molecule has 190 valence electrons. The van der Waals surface area contributed by atoms with Crippen LogP contribution >= 0.6 is 23.1 Å². The second kappa shape index (κ2) is 10.7. The summed E-state index contributed by atoms with van der Waals surface area (Å²) in [4.78, 5) is 20.7. The number of anilines is 1. The molecule has 5 rings (SSSR count). The van der Waals surface area contributed by atoms with Gasteiger partial charge in [0.1, 0.15) is 10.8 Å². The first-order chi connectivity index (χ1) is 17.8. The van der Waals surface area contributed by atoms with Crippen LogP contribution in [0.25, 0.3) is 0 Å².